The topological polar surface area (TPSA) is 49.6 Å². The molecule has 0 unspecified atom stereocenters. The lowest BCUT2D eigenvalue weighted by atomic mass is 9.86. The van der Waals surface area contributed by atoms with Crippen molar-refractivity contribution in [2.75, 3.05) is 31.1 Å². The van der Waals surface area contributed by atoms with Crippen molar-refractivity contribution < 1.29 is 4.79 Å². The lowest BCUT2D eigenvalue weighted by Crippen LogP contribution is -2.56. The molecule has 0 radical (unpaired) electrons. The smallest absolute Gasteiger partial charge is 0.240 e. The molecule has 0 aromatic heterocycles. The zero-order valence-electron chi connectivity index (χ0n) is 13.0. The predicted octanol–water partition coefficient (Wildman–Crippen LogP) is 2.36. The summed E-state index contributed by atoms with van der Waals surface area (Å²) in [5.74, 6) is 0.0493. The Hall–Kier alpha value is -1.26. The van der Waals surface area contributed by atoms with Crippen LogP contribution in [0.1, 0.15) is 20.8 Å². The normalized spacial score (nSPS) is 17.8. The Balaban J connectivity index is 1.96. The second kappa shape index (κ2) is 6.24. The quantitative estimate of drug-likeness (QED) is 0.912. The molecule has 116 valence electrons. The minimum atomic E-state index is -0.449. The van der Waals surface area contributed by atoms with E-state index in [4.69, 9.17) is 17.3 Å². The van der Waals surface area contributed by atoms with E-state index in [9.17, 15) is 4.79 Å². The Morgan fingerprint density at radius 3 is 2.38 bits per heavy atom. The molecule has 1 atom stereocenters. The zero-order chi connectivity index (χ0) is 15.6. The first kappa shape index (κ1) is 16.1. The highest BCUT2D eigenvalue weighted by Crippen LogP contribution is 2.23. The first-order chi connectivity index (χ1) is 9.79. The van der Waals surface area contributed by atoms with Gasteiger partial charge in [0.05, 0.1) is 6.04 Å². The molecule has 1 aliphatic heterocycles. The van der Waals surface area contributed by atoms with E-state index in [0.29, 0.717) is 13.1 Å². The number of carbonyl (C=O) groups is 1. The number of hydrogen-bond acceptors (Lipinski definition) is 3. The van der Waals surface area contributed by atoms with Gasteiger partial charge < -0.3 is 15.5 Å². The average Bonchev–Trinajstić information content (AvgIpc) is 2.45. The predicted molar refractivity (Wildman–Crippen MR) is 87.7 cm³/mol. The van der Waals surface area contributed by atoms with Gasteiger partial charge in [0, 0.05) is 36.9 Å². The number of anilines is 1. The number of rotatable bonds is 2. The molecule has 0 aliphatic carbocycles. The summed E-state index contributed by atoms with van der Waals surface area (Å²) in [4.78, 5) is 16.5. The van der Waals surface area contributed by atoms with Crippen LogP contribution in [0.5, 0.6) is 0 Å². The third-order valence-corrected chi connectivity index (χ3v) is 4.20. The van der Waals surface area contributed by atoms with Gasteiger partial charge in [-0.2, -0.15) is 0 Å². The van der Waals surface area contributed by atoms with Crippen molar-refractivity contribution in [3.8, 4) is 0 Å². The summed E-state index contributed by atoms with van der Waals surface area (Å²) in [5.41, 5.74) is 6.97. The number of piperazine rings is 1. The van der Waals surface area contributed by atoms with E-state index in [1.165, 1.54) is 0 Å². The van der Waals surface area contributed by atoms with Gasteiger partial charge in [0.25, 0.3) is 0 Å². The summed E-state index contributed by atoms with van der Waals surface area (Å²) in [6.45, 7) is 9.02. The second-order valence-corrected chi connectivity index (χ2v) is 7.07. The first-order valence-electron chi connectivity index (χ1n) is 7.34. The fourth-order valence-corrected chi connectivity index (χ4v) is 2.61. The van der Waals surface area contributed by atoms with Crippen molar-refractivity contribution in [1.82, 2.24) is 4.90 Å². The van der Waals surface area contributed by atoms with Gasteiger partial charge in [0.2, 0.25) is 5.91 Å². The minimum absolute atomic E-state index is 0.0493. The van der Waals surface area contributed by atoms with Crippen LogP contribution in [-0.2, 0) is 4.79 Å². The third-order valence-electron chi connectivity index (χ3n) is 3.96. The summed E-state index contributed by atoms with van der Waals surface area (Å²) in [5, 5.41) is 0.737. The first-order valence-corrected chi connectivity index (χ1v) is 7.72. The van der Waals surface area contributed by atoms with Crippen LogP contribution in [0.3, 0.4) is 0 Å². The fraction of sp³-hybridized carbons (Fsp3) is 0.562. The van der Waals surface area contributed by atoms with Crippen molar-refractivity contribution >= 4 is 23.2 Å². The Bertz CT molecular complexity index is 504. The largest absolute Gasteiger partial charge is 0.368 e. The van der Waals surface area contributed by atoms with E-state index in [0.717, 1.165) is 23.8 Å². The van der Waals surface area contributed by atoms with E-state index in [1.54, 1.807) is 0 Å². The van der Waals surface area contributed by atoms with Crippen LogP contribution in [-0.4, -0.2) is 43.0 Å². The van der Waals surface area contributed by atoms with Gasteiger partial charge in [-0.25, -0.2) is 0 Å². The van der Waals surface area contributed by atoms with Crippen molar-refractivity contribution in [2.24, 2.45) is 11.1 Å². The Labute approximate surface area is 131 Å². The zero-order valence-corrected chi connectivity index (χ0v) is 13.7. The lowest BCUT2D eigenvalue weighted by molar-refractivity contribution is -0.135. The Morgan fingerprint density at radius 2 is 1.86 bits per heavy atom. The maximum atomic E-state index is 12.4. The van der Waals surface area contributed by atoms with Gasteiger partial charge in [-0.15, -0.1) is 0 Å². The number of nitrogens with two attached hydrogens (primary N) is 1. The molecule has 2 N–H and O–H groups in total. The Morgan fingerprint density at radius 1 is 1.24 bits per heavy atom. The van der Waals surface area contributed by atoms with Crippen LogP contribution < -0.4 is 10.6 Å². The molecule has 1 saturated heterocycles. The SMILES string of the molecule is CC(C)(C)[C@H](N)C(=O)N1CCN(c2cccc(Cl)c2)CC1. The highest BCUT2D eigenvalue weighted by Gasteiger charge is 2.32. The number of benzene rings is 1. The molecule has 4 nitrogen and oxygen atoms in total. The molecule has 21 heavy (non-hydrogen) atoms. The molecule has 1 fully saturated rings. The van der Waals surface area contributed by atoms with E-state index in [-0.39, 0.29) is 11.3 Å². The molecule has 1 aromatic rings. The highest BCUT2D eigenvalue weighted by atomic mass is 35.5. The number of carbonyl (C=O) groups excluding carboxylic acids is 1. The molecule has 2 rings (SSSR count). The molecule has 0 spiro atoms. The molecule has 1 heterocycles. The highest BCUT2D eigenvalue weighted by molar-refractivity contribution is 6.30. The van der Waals surface area contributed by atoms with Gasteiger partial charge in [0.1, 0.15) is 0 Å². The van der Waals surface area contributed by atoms with E-state index in [1.807, 2.05) is 49.9 Å². The van der Waals surface area contributed by atoms with Crippen molar-refractivity contribution in [3.63, 3.8) is 0 Å². The van der Waals surface area contributed by atoms with Gasteiger partial charge in [-0.3, -0.25) is 4.79 Å². The molecule has 1 aliphatic rings. The molecule has 5 heteroatoms. The van der Waals surface area contributed by atoms with E-state index in [2.05, 4.69) is 4.90 Å². The number of nitrogens with zero attached hydrogens (tertiary/aromatic N) is 2. The van der Waals surface area contributed by atoms with E-state index < -0.39 is 6.04 Å². The molecular formula is C16H24ClN3O. The Kier molecular flexibility index (Phi) is 4.79. The summed E-state index contributed by atoms with van der Waals surface area (Å²) in [7, 11) is 0. The van der Waals surface area contributed by atoms with Crippen molar-refractivity contribution in [1.29, 1.82) is 0 Å². The van der Waals surface area contributed by atoms with Crippen LogP contribution in [0.2, 0.25) is 5.02 Å². The number of halogens is 1. The van der Waals surface area contributed by atoms with Gasteiger partial charge >= 0.3 is 0 Å². The van der Waals surface area contributed by atoms with Crippen molar-refractivity contribution in [2.45, 2.75) is 26.8 Å². The summed E-state index contributed by atoms with van der Waals surface area (Å²) < 4.78 is 0. The van der Waals surface area contributed by atoms with Crippen LogP contribution in [0.25, 0.3) is 0 Å². The molecule has 0 saturated carbocycles. The number of hydrogen-bond donors (Lipinski definition) is 1. The lowest BCUT2D eigenvalue weighted by Gasteiger charge is -2.39. The molecular weight excluding hydrogens is 286 g/mol. The average molecular weight is 310 g/mol. The molecule has 0 bridgehead atoms. The summed E-state index contributed by atoms with van der Waals surface area (Å²) in [6, 6.07) is 7.37. The van der Waals surface area contributed by atoms with Crippen LogP contribution in [0.4, 0.5) is 5.69 Å². The van der Waals surface area contributed by atoms with Crippen LogP contribution in [0, 0.1) is 5.41 Å². The fourth-order valence-electron chi connectivity index (χ4n) is 2.42. The van der Waals surface area contributed by atoms with Crippen LogP contribution >= 0.6 is 11.6 Å². The second-order valence-electron chi connectivity index (χ2n) is 6.64. The van der Waals surface area contributed by atoms with Gasteiger partial charge in [0.15, 0.2) is 0 Å². The summed E-state index contributed by atoms with van der Waals surface area (Å²) in [6.07, 6.45) is 0. The number of amides is 1. The third kappa shape index (κ3) is 3.89. The van der Waals surface area contributed by atoms with Crippen molar-refractivity contribution in [3.05, 3.63) is 29.3 Å². The molecule has 1 amide bonds. The van der Waals surface area contributed by atoms with Gasteiger partial charge in [-0.05, 0) is 23.6 Å². The summed E-state index contributed by atoms with van der Waals surface area (Å²) >= 11 is 6.03. The maximum Gasteiger partial charge on any atom is 0.240 e. The minimum Gasteiger partial charge on any atom is -0.368 e. The van der Waals surface area contributed by atoms with Crippen LogP contribution in [0.15, 0.2) is 24.3 Å². The maximum absolute atomic E-state index is 12.4. The standard InChI is InChI=1S/C16H24ClN3O/c1-16(2,3)14(18)15(21)20-9-7-19(8-10-20)13-6-4-5-12(17)11-13/h4-6,11,14H,7-10,18H2,1-3H3/t14-/m1/s1. The van der Waals surface area contributed by atoms with Gasteiger partial charge in [-0.1, -0.05) is 38.4 Å². The van der Waals surface area contributed by atoms with E-state index >= 15 is 0 Å². The monoisotopic (exact) mass is 309 g/mol. The molecule has 1 aromatic carbocycles.